The highest BCUT2D eigenvalue weighted by Gasteiger charge is 2.13. The zero-order valence-electron chi connectivity index (χ0n) is 12.1. The number of nitrogens with zero attached hydrogens (tertiary/aromatic N) is 1. The lowest BCUT2D eigenvalue weighted by Gasteiger charge is -2.10. The Morgan fingerprint density at radius 3 is 2.57 bits per heavy atom. The molecule has 0 aromatic heterocycles. The molecular formula is C14H19FN2O4. The molecule has 0 saturated carbocycles. The average molecular weight is 298 g/mol. The normalized spacial score (nSPS) is 11.3. The smallest absolute Gasteiger partial charge is 0.291 e. The molecule has 0 saturated heterocycles. The Kier molecular flexibility index (Phi) is 8.00. The van der Waals surface area contributed by atoms with Crippen LogP contribution in [0.5, 0.6) is 0 Å². The predicted molar refractivity (Wildman–Crippen MR) is 75.9 cm³/mol. The van der Waals surface area contributed by atoms with E-state index in [1.54, 1.807) is 13.2 Å². The van der Waals surface area contributed by atoms with E-state index in [-0.39, 0.29) is 18.2 Å². The molecular weight excluding hydrogens is 279 g/mol. The Labute approximate surface area is 122 Å². The number of rotatable bonds is 7. The number of halogens is 1. The first-order valence-corrected chi connectivity index (χ1v) is 6.40. The van der Waals surface area contributed by atoms with Crippen molar-refractivity contribution in [2.45, 2.75) is 0 Å². The van der Waals surface area contributed by atoms with Crippen LogP contribution in [0.3, 0.4) is 0 Å². The molecule has 21 heavy (non-hydrogen) atoms. The van der Waals surface area contributed by atoms with Crippen LogP contribution < -0.4 is 5.32 Å². The summed E-state index contributed by atoms with van der Waals surface area (Å²) in [7, 11) is 3.07. The summed E-state index contributed by atoms with van der Waals surface area (Å²) in [6.07, 6.45) is 0. The van der Waals surface area contributed by atoms with Crippen LogP contribution >= 0.6 is 0 Å². The summed E-state index contributed by atoms with van der Waals surface area (Å²) in [4.78, 5) is 16.0. The van der Waals surface area contributed by atoms with Crippen LogP contribution in [-0.4, -0.2) is 52.5 Å². The molecule has 0 fully saturated rings. The van der Waals surface area contributed by atoms with Crippen LogP contribution in [0.15, 0.2) is 29.3 Å². The first-order valence-electron chi connectivity index (χ1n) is 6.40. The van der Waals surface area contributed by atoms with Gasteiger partial charge in [0.1, 0.15) is 12.4 Å². The Hall–Kier alpha value is -1.99. The van der Waals surface area contributed by atoms with Crippen molar-refractivity contribution in [2.75, 3.05) is 40.6 Å². The van der Waals surface area contributed by atoms with Gasteiger partial charge in [-0.05, 0) is 12.1 Å². The van der Waals surface area contributed by atoms with Crippen LogP contribution in [0.2, 0.25) is 0 Å². The molecule has 1 amide bonds. The summed E-state index contributed by atoms with van der Waals surface area (Å²) in [6.45, 7) is 1.27. The zero-order chi connectivity index (χ0) is 15.5. The number of hydrogen-bond acceptors (Lipinski definition) is 5. The molecule has 0 aliphatic rings. The fraction of sp³-hybridized carbons (Fsp3) is 0.429. The number of amides is 1. The summed E-state index contributed by atoms with van der Waals surface area (Å²) in [5.41, 5.74) is -0.0766. The first kappa shape index (κ1) is 17.1. The minimum Gasteiger partial charge on any atom is -0.463 e. The van der Waals surface area contributed by atoms with Crippen molar-refractivity contribution in [1.29, 1.82) is 0 Å². The van der Waals surface area contributed by atoms with Gasteiger partial charge in [-0.2, -0.15) is 0 Å². The largest absolute Gasteiger partial charge is 0.463 e. The molecule has 6 nitrogen and oxygen atoms in total. The van der Waals surface area contributed by atoms with Gasteiger partial charge in [0.15, 0.2) is 0 Å². The molecule has 0 radical (unpaired) electrons. The van der Waals surface area contributed by atoms with Crippen LogP contribution in [0, 0.1) is 5.82 Å². The lowest BCUT2D eigenvalue weighted by atomic mass is 10.2. The van der Waals surface area contributed by atoms with Gasteiger partial charge in [-0.15, -0.1) is 0 Å². The molecule has 0 aliphatic carbocycles. The highest BCUT2D eigenvalue weighted by molar-refractivity contribution is 6.04. The quantitative estimate of drug-likeness (QED) is 0.467. The second-order valence-electron chi connectivity index (χ2n) is 3.95. The van der Waals surface area contributed by atoms with Crippen LogP contribution in [0.25, 0.3) is 0 Å². The third-order valence-corrected chi connectivity index (χ3v) is 2.42. The third kappa shape index (κ3) is 6.33. The van der Waals surface area contributed by atoms with E-state index in [0.29, 0.717) is 19.8 Å². The van der Waals surface area contributed by atoms with Gasteiger partial charge in [0, 0.05) is 14.2 Å². The number of carbonyl (C=O) groups is 1. The molecule has 1 N–H and O–H groups in total. The molecule has 116 valence electrons. The SMILES string of the molecule is COCCN=C(NC(=O)c1ccccc1F)OCCOC. The van der Waals surface area contributed by atoms with E-state index < -0.39 is 11.7 Å². The molecule has 1 aromatic rings. The van der Waals surface area contributed by atoms with Crippen molar-refractivity contribution in [1.82, 2.24) is 5.32 Å². The molecule has 0 spiro atoms. The number of nitrogens with one attached hydrogen (secondary N) is 1. The van der Waals surface area contributed by atoms with Gasteiger partial charge < -0.3 is 14.2 Å². The molecule has 1 aromatic carbocycles. The third-order valence-electron chi connectivity index (χ3n) is 2.42. The summed E-state index contributed by atoms with van der Waals surface area (Å²) in [6, 6.07) is 5.69. The second kappa shape index (κ2) is 9.84. The number of benzene rings is 1. The summed E-state index contributed by atoms with van der Waals surface area (Å²) < 4.78 is 28.5. The van der Waals surface area contributed by atoms with E-state index in [4.69, 9.17) is 14.2 Å². The van der Waals surface area contributed by atoms with Gasteiger partial charge in [-0.3, -0.25) is 10.1 Å². The Bertz CT molecular complexity index is 480. The van der Waals surface area contributed by atoms with Crippen molar-refractivity contribution in [3.05, 3.63) is 35.6 Å². The van der Waals surface area contributed by atoms with Crippen molar-refractivity contribution in [2.24, 2.45) is 4.99 Å². The van der Waals surface area contributed by atoms with E-state index in [9.17, 15) is 9.18 Å². The maximum absolute atomic E-state index is 13.5. The van der Waals surface area contributed by atoms with Gasteiger partial charge in [0.2, 0.25) is 0 Å². The highest BCUT2D eigenvalue weighted by atomic mass is 19.1. The van der Waals surface area contributed by atoms with Gasteiger partial charge in [0.25, 0.3) is 11.9 Å². The number of carbonyl (C=O) groups excluding carboxylic acids is 1. The van der Waals surface area contributed by atoms with Gasteiger partial charge in [0.05, 0.1) is 25.3 Å². The van der Waals surface area contributed by atoms with Crippen molar-refractivity contribution in [3.63, 3.8) is 0 Å². The molecule has 0 bridgehead atoms. The number of amidine groups is 1. The maximum Gasteiger partial charge on any atom is 0.291 e. The summed E-state index contributed by atoms with van der Waals surface area (Å²) >= 11 is 0. The molecule has 0 aliphatic heterocycles. The van der Waals surface area contributed by atoms with Gasteiger partial charge in [-0.1, -0.05) is 12.1 Å². The monoisotopic (exact) mass is 298 g/mol. The Morgan fingerprint density at radius 2 is 1.90 bits per heavy atom. The van der Waals surface area contributed by atoms with E-state index >= 15 is 0 Å². The minimum absolute atomic E-state index is 0.0114. The van der Waals surface area contributed by atoms with Crippen molar-refractivity contribution < 1.29 is 23.4 Å². The van der Waals surface area contributed by atoms with E-state index in [1.165, 1.54) is 25.3 Å². The first-order chi connectivity index (χ1) is 10.2. The highest BCUT2D eigenvalue weighted by Crippen LogP contribution is 2.05. The van der Waals surface area contributed by atoms with Crippen molar-refractivity contribution >= 4 is 11.9 Å². The lowest BCUT2D eigenvalue weighted by Crippen LogP contribution is -2.34. The molecule has 0 heterocycles. The number of hydrogen-bond donors (Lipinski definition) is 1. The molecule has 7 heteroatoms. The van der Waals surface area contributed by atoms with E-state index in [1.807, 2.05) is 0 Å². The Balaban J connectivity index is 2.68. The topological polar surface area (TPSA) is 69.2 Å². The van der Waals surface area contributed by atoms with Crippen LogP contribution in [0.4, 0.5) is 4.39 Å². The standard InChI is InChI=1S/C14H19FN2O4/c1-19-8-7-16-14(21-10-9-20-2)17-13(18)11-5-3-4-6-12(11)15/h3-6H,7-10H2,1-2H3,(H,16,17,18). The second-order valence-corrected chi connectivity index (χ2v) is 3.95. The van der Waals surface area contributed by atoms with Gasteiger partial charge in [-0.25, -0.2) is 9.38 Å². The fourth-order valence-electron chi connectivity index (χ4n) is 1.39. The summed E-state index contributed by atoms with van der Waals surface area (Å²) in [5.74, 6) is -1.23. The maximum atomic E-state index is 13.5. The minimum atomic E-state index is -0.623. The molecule has 0 unspecified atom stereocenters. The fourth-order valence-corrected chi connectivity index (χ4v) is 1.39. The zero-order valence-corrected chi connectivity index (χ0v) is 12.1. The van der Waals surface area contributed by atoms with Crippen LogP contribution in [0.1, 0.15) is 10.4 Å². The van der Waals surface area contributed by atoms with E-state index in [2.05, 4.69) is 10.3 Å². The predicted octanol–water partition coefficient (Wildman–Crippen LogP) is 1.22. The number of aliphatic imine (C=N–C) groups is 1. The average Bonchev–Trinajstić information content (AvgIpc) is 2.48. The molecule has 0 atom stereocenters. The molecule has 1 rings (SSSR count). The summed E-state index contributed by atoms with van der Waals surface area (Å²) in [5, 5.41) is 2.43. The van der Waals surface area contributed by atoms with Crippen LogP contribution in [-0.2, 0) is 14.2 Å². The number of ether oxygens (including phenoxy) is 3. The van der Waals surface area contributed by atoms with Crippen molar-refractivity contribution in [3.8, 4) is 0 Å². The Morgan fingerprint density at radius 1 is 1.19 bits per heavy atom. The van der Waals surface area contributed by atoms with E-state index in [0.717, 1.165) is 0 Å². The lowest BCUT2D eigenvalue weighted by molar-refractivity contribution is 0.0949. The number of methoxy groups -OCH3 is 2. The van der Waals surface area contributed by atoms with Gasteiger partial charge >= 0.3 is 0 Å².